The third-order valence-electron chi connectivity index (χ3n) is 3.49. The second kappa shape index (κ2) is 4.46. The van der Waals surface area contributed by atoms with Crippen LogP contribution in [0.15, 0.2) is 41.5 Å². The molecule has 1 heterocycles. The molecule has 3 rings (SSSR count). The molecule has 0 spiro atoms. The predicted octanol–water partition coefficient (Wildman–Crippen LogP) is 1.49. The first-order valence-electron chi connectivity index (χ1n) is 6.33. The summed E-state index contributed by atoms with van der Waals surface area (Å²) < 4.78 is 3.60. The Balaban J connectivity index is 1.90. The van der Waals surface area contributed by atoms with Gasteiger partial charge in [-0.25, -0.2) is 4.79 Å². The molecule has 0 saturated heterocycles. The summed E-state index contributed by atoms with van der Waals surface area (Å²) in [6, 6.07) is 8.44. The van der Waals surface area contributed by atoms with E-state index < -0.39 is 0 Å². The second-order valence-electron chi connectivity index (χ2n) is 4.82. The molecular weight excluding hydrogens is 226 g/mol. The van der Waals surface area contributed by atoms with Crippen LogP contribution in [0.25, 0.3) is 0 Å². The highest BCUT2D eigenvalue weighted by Crippen LogP contribution is 2.33. The number of hydrogen-bond donors (Lipinski definition) is 1. The molecule has 0 amide bonds. The molecule has 0 bridgehead atoms. The molecule has 1 aliphatic rings. The van der Waals surface area contributed by atoms with Crippen molar-refractivity contribution in [2.75, 3.05) is 0 Å². The summed E-state index contributed by atoms with van der Waals surface area (Å²) in [7, 11) is 0. The number of imidazole rings is 1. The Morgan fingerprint density at radius 2 is 1.89 bits per heavy atom. The molecule has 0 aliphatic heterocycles. The lowest BCUT2D eigenvalue weighted by Gasteiger charge is -2.07. The van der Waals surface area contributed by atoms with Gasteiger partial charge in [0.1, 0.15) is 0 Å². The van der Waals surface area contributed by atoms with E-state index in [2.05, 4.69) is 0 Å². The van der Waals surface area contributed by atoms with E-state index in [1.54, 1.807) is 4.57 Å². The van der Waals surface area contributed by atoms with E-state index in [-0.39, 0.29) is 5.69 Å². The molecule has 18 heavy (non-hydrogen) atoms. The van der Waals surface area contributed by atoms with Crippen LogP contribution in [0.3, 0.4) is 0 Å². The first-order valence-corrected chi connectivity index (χ1v) is 6.33. The van der Waals surface area contributed by atoms with E-state index >= 15 is 0 Å². The lowest BCUT2D eigenvalue weighted by atomic mass is 10.1. The largest absolute Gasteiger partial charge is 0.328 e. The molecule has 0 atom stereocenters. The van der Waals surface area contributed by atoms with Crippen LogP contribution in [0.2, 0.25) is 0 Å². The molecule has 1 aromatic carbocycles. The molecule has 0 radical (unpaired) electrons. The Hall–Kier alpha value is -1.81. The van der Waals surface area contributed by atoms with Crippen LogP contribution in [0.4, 0.5) is 0 Å². The summed E-state index contributed by atoms with van der Waals surface area (Å²) in [6.45, 7) is 1.11. The number of nitrogens with two attached hydrogens (primary N) is 1. The standard InChI is InChI=1S/C14H17N3O/c15-9-11-3-1-2-4-12(11)10-16-7-8-17(14(16)18)13-5-6-13/h1-4,7-8,13H,5-6,9-10,15H2. The molecule has 4 nitrogen and oxygen atoms in total. The Labute approximate surface area is 106 Å². The summed E-state index contributed by atoms with van der Waals surface area (Å²) in [5, 5.41) is 0. The van der Waals surface area contributed by atoms with Crippen LogP contribution in [0.5, 0.6) is 0 Å². The van der Waals surface area contributed by atoms with Crippen molar-refractivity contribution in [2.45, 2.75) is 32.0 Å². The van der Waals surface area contributed by atoms with Crippen LogP contribution in [0.1, 0.15) is 30.0 Å². The van der Waals surface area contributed by atoms with Gasteiger partial charge in [0.25, 0.3) is 0 Å². The van der Waals surface area contributed by atoms with Crippen LogP contribution in [0, 0.1) is 0 Å². The van der Waals surface area contributed by atoms with Gasteiger partial charge < -0.3 is 5.73 Å². The fourth-order valence-corrected chi connectivity index (χ4v) is 2.27. The van der Waals surface area contributed by atoms with Crippen molar-refractivity contribution < 1.29 is 0 Å². The van der Waals surface area contributed by atoms with Crippen LogP contribution < -0.4 is 11.4 Å². The van der Waals surface area contributed by atoms with Crippen molar-refractivity contribution in [3.8, 4) is 0 Å². The molecule has 94 valence electrons. The third kappa shape index (κ3) is 1.99. The molecule has 1 aromatic heterocycles. The average molecular weight is 243 g/mol. The molecular formula is C14H17N3O. The van der Waals surface area contributed by atoms with Gasteiger partial charge in [-0.2, -0.15) is 0 Å². The second-order valence-corrected chi connectivity index (χ2v) is 4.82. The minimum atomic E-state index is 0.0873. The Kier molecular flexibility index (Phi) is 2.80. The molecule has 0 unspecified atom stereocenters. The van der Waals surface area contributed by atoms with Crippen molar-refractivity contribution >= 4 is 0 Å². The van der Waals surface area contributed by atoms with Crippen molar-refractivity contribution in [3.63, 3.8) is 0 Å². The minimum Gasteiger partial charge on any atom is -0.326 e. The lowest BCUT2D eigenvalue weighted by Crippen LogP contribution is -2.24. The zero-order chi connectivity index (χ0) is 12.5. The van der Waals surface area contributed by atoms with Gasteiger partial charge in [-0.3, -0.25) is 9.13 Å². The quantitative estimate of drug-likeness (QED) is 0.884. The summed E-state index contributed by atoms with van der Waals surface area (Å²) in [6.07, 6.45) is 6.02. The number of rotatable bonds is 4. The Morgan fingerprint density at radius 3 is 2.56 bits per heavy atom. The van der Waals surface area contributed by atoms with E-state index in [9.17, 15) is 4.79 Å². The number of aromatic nitrogens is 2. The van der Waals surface area contributed by atoms with Gasteiger partial charge in [0.15, 0.2) is 0 Å². The van der Waals surface area contributed by atoms with Crippen molar-refractivity contribution in [1.82, 2.24) is 9.13 Å². The topological polar surface area (TPSA) is 52.9 Å². The van der Waals surface area contributed by atoms with E-state index in [1.165, 1.54) is 0 Å². The average Bonchev–Trinajstić information content (AvgIpc) is 3.17. The van der Waals surface area contributed by atoms with Gasteiger partial charge in [0.05, 0.1) is 6.54 Å². The van der Waals surface area contributed by atoms with E-state index in [4.69, 9.17) is 5.73 Å². The normalized spacial score (nSPS) is 14.9. The maximum Gasteiger partial charge on any atom is 0.328 e. The monoisotopic (exact) mass is 243 g/mol. The molecule has 1 aliphatic carbocycles. The van der Waals surface area contributed by atoms with Crippen LogP contribution in [-0.2, 0) is 13.1 Å². The van der Waals surface area contributed by atoms with Gasteiger partial charge in [0.2, 0.25) is 0 Å². The van der Waals surface area contributed by atoms with Crippen LogP contribution >= 0.6 is 0 Å². The molecule has 1 fully saturated rings. The van der Waals surface area contributed by atoms with E-state index in [0.717, 1.165) is 24.0 Å². The summed E-state index contributed by atoms with van der Waals surface area (Å²) in [5.41, 5.74) is 8.02. The van der Waals surface area contributed by atoms with Crippen molar-refractivity contribution in [3.05, 3.63) is 58.3 Å². The van der Waals surface area contributed by atoms with E-state index in [0.29, 0.717) is 19.1 Å². The number of benzene rings is 1. The highest BCUT2D eigenvalue weighted by Gasteiger charge is 2.25. The van der Waals surface area contributed by atoms with Gasteiger partial charge in [-0.1, -0.05) is 24.3 Å². The summed E-state index contributed by atoms with van der Waals surface area (Å²) >= 11 is 0. The highest BCUT2D eigenvalue weighted by molar-refractivity contribution is 5.27. The fraction of sp³-hybridized carbons (Fsp3) is 0.357. The zero-order valence-corrected chi connectivity index (χ0v) is 10.2. The van der Waals surface area contributed by atoms with Gasteiger partial charge in [-0.15, -0.1) is 0 Å². The highest BCUT2D eigenvalue weighted by atomic mass is 16.1. The van der Waals surface area contributed by atoms with Gasteiger partial charge in [0, 0.05) is 25.0 Å². The van der Waals surface area contributed by atoms with Crippen molar-refractivity contribution in [2.24, 2.45) is 5.73 Å². The maximum atomic E-state index is 12.1. The molecule has 2 aromatic rings. The van der Waals surface area contributed by atoms with E-state index in [1.807, 2.05) is 41.2 Å². The van der Waals surface area contributed by atoms with Crippen molar-refractivity contribution in [1.29, 1.82) is 0 Å². The van der Waals surface area contributed by atoms with Crippen LogP contribution in [-0.4, -0.2) is 9.13 Å². The molecule has 2 N–H and O–H groups in total. The summed E-state index contributed by atoms with van der Waals surface area (Å²) in [4.78, 5) is 12.1. The first-order chi connectivity index (χ1) is 8.79. The Bertz CT molecular complexity index is 607. The summed E-state index contributed by atoms with van der Waals surface area (Å²) in [5.74, 6) is 0. The van der Waals surface area contributed by atoms with Gasteiger partial charge in [-0.05, 0) is 24.0 Å². The lowest BCUT2D eigenvalue weighted by molar-refractivity contribution is 0.654. The van der Waals surface area contributed by atoms with Gasteiger partial charge >= 0.3 is 5.69 Å². The maximum absolute atomic E-state index is 12.1. The Morgan fingerprint density at radius 1 is 1.17 bits per heavy atom. The fourth-order valence-electron chi connectivity index (χ4n) is 2.27. The zero-order valence-electron chi connectivity index (χ0n) is 10.2. The smallest absolute Gasteiger partial charge is 0.326 e. The first kappa shape index (κ1) is 11.3. The molecule has 1 saturated carbocycles. The number of hydrogen-bond acceptors (Lipinski definition) is 2. The third-order valence-corrected chi connectivity index (χ3v) is 3.49. The predicted molar refractivity (Wildman–Crippen MR) is 70.4 cm³/mol. The minimum absolute atomic E-state index is 0.0873. The SMILES string of the molecule is NCc1ccccc1Cn1ccn(C2CC2)c1=O. The number of nitrogens with zero attached hydrogens (tertiary/aromatic N) is 2. The molecule has 4 heteroatoms.